The van der Waals surface area contributed by atoms with Crippen molar-refractivity contribution in [1.82, 2.24) is 10.6 Å². The lowest BCUT2D eigenvalue weighted by atomic mass is 10.1. The number of piperazine rings is 1. The molecule has 2 aromatic carbocycles. The van der Waals surface area contributed by atoms with Gasteiger partial charge >= 0.3 is 6.03 Å². The number of nitro benzene ring substituents is 1. The molecule has 2 heterocycles. The maximum absolute atomic E-state index is 11.8. The summed E-state index contributed by atoms with van der Waals surface area (Å²) in [5, 5.41) is 15.8. The normalized spacial score (nSPS) is 18.0. The summed E-state index contributed by atoms with van der Waals surface area (Å²) in [6.45, 7) is 3.19. The summed E-state index contributed by atoms with van der Waals surface area (Å²) >= 11 is 0. The Labute approximate surface area is 166 Å². The molecular weight excluding hydrogens is 374 g/mol. The van der Waals surface area contributed by atoms with E-state index in [0.29, 0.717) is 0 Å². The molecule has 0 spiro atoms. The van der Waals surface area contributed by atoms with Gasteiger partial charge in [-0.25, -0.2) is 4.79 Å². The second-order valence-electron chi connectivity index (χ2n) is 6.78. The number of benzene rings is 2. The van der Waals surface area contributed by atoms with Crippen molar-refractivity contribution in [2.45, 2.75) is 0 Å². The van der Waals surface area contributed by atoms with Crippen LogP contribution in [0.2, 0.25) is 0 Å². The number of amides is 3. The van der Waals surface area contributed by atoms with Gasteiger partial charge in [-0.2, -0.15) is 0 Å². The molecule has 0 aliphatic carbocycles. The second-order valence-corrected chi connectivity index (χ2v) is 6.78. The number of hydrogen-bond donors (Lipinski definition) is 2. The molecule has 2 aromatic rings. The van der Waals surface area contributed by atoms with Gasteiger partial charge in [-0.05, 0) is 30.3 Å². The average molecular weight is 393 g/mol. The highest BCUT2D eigenvalue weighted by Gasteiger charge is 2.25. The standard InChI is InChI=1S/C20H19N5O4/c26-19-17(21-20(27)22-19)13-14-12-16(6-7-18(14)25(28)29)24-10-8-23(9-11-24)15-4-2-1-3-5-15/h1-7,12-13H,8-11H2,(H2,21,22,26,27). The van der Waals surface area contributed by atoms with Gasteiger partial charge in [0.25, 0.3) is 11.6 Å². The van der Waals surface area contributed by atoms with Crippen molar-refractivity contribution in [3.05, 3.63) is 69.9 Å². The Bertz CT molecular complexity index is 997. The van der Waals surface area contributed by atoms with Gasteiger partial charge in [0.15, 0.2) is 0 Å². The van der Waals surface area contributed by atoms with Crippen molar-refractivity contribution < 1.29 is 14.5 Å². The molecule has 0 radical (unpaired) electrons. The van der Waals surface area contributed by atoms with E-state index < -0.39 is 16.9 Å². The van der Waals surface area contributed by atoms with Crippen LogP contribution < -0.4 is 20.4 Å². The van der Waals surface area contributed by atoms with E-state index in [1.807, 2.05) is 18.2 Å². The first-order chi connectivity index (χ1) is 14.0. The van der Waals surface area contributed by atoms with Crippen LogP contribution in [0, 0.1) is 10.1 Å². The number of nitro groups is 1. The zero-order valence-corrected chi connectivity index (χ0v) is 15.5. The Morgan fingerprint density at radius 2 is 1.55 bits per heavy atom. The molecule has 4 rings (SSSR count). The highest BCUT2D eigenvalue weighted by Crippen LogP contribution is 2.28. The zero-order valence-electron chi connectivity index (χ0n) is 15.5. The van der Waals surface area contributed by atoms with Crippen molar-refractivity contribution in [2.75, 3.05) is 36.0 Å². The van der Waals surface area contributed by atoms with E-state index in [9.17, 15) is 19.7 Å². The Hall–Kier alpha value is -3.88. The quantitative estimate of drug-likeness (QED) is 0.356. The van der Waals surface area contributed by atoms with Gasteiger partial charge in [0.1, 0.15) is 5.70 Å². The van der Waals surface area contributed by atoms with Crippen LogP contribution in [-0.4, -0.2) is 43.0 Å². The number of urea groups is 1. The van der Waals surface area contributed by atoms with Crippen molar-refractivity contribution in [2.24, 2.45) is 0 Å². The molecule has 3 amide bonds. The molecule has 0 unspecified atom stereocenters. The van der Waals surface area contributed by atoms with Gasteiger partial charge in [-0.15, -0.1) is 0 Å². The van der Waals surface area contributed by atoms with Gasteiger partial charge in [0, 0.05) is 43.6 Å². The number of hydrogen-bond acceptors (Lipinski definition) is 6. The Balaban J connectivity index is 1.56. The Kier molecular flexibility index (Phi) is 4.86. The molecule has 9 heteroatoms. The number of nitrogens with zero attached hydrogens (tertiary/aromatic N) is 3. The minimum atomic E-state index is -0.642. The molecule has 148 valence electrons. The molecule has 2 aliphatic heterocycles. The third-order valence-corrected chi connectivity index (χ3v) is 4.99. The first-order valence-electron chi connectivity index (χ1n) is 9.19. The maximum atomic E-state index is 11.8. The molecule has 0 saturated carbocycles. The number of imide groups is 1. The van der Waals surface area contributed by atoms with Gasteiger partial charge in [-0.3, -0.25) is 20.2 Å². The number of anilines is 2. The van der Waals surface area contributed by atoms with Crippen molar-refractivity contribution in [3.63, 3.8) is 0 Å². The summed E-state index contributed by atoms with van der Waals surface area (Å²) in [5.41, 5.74) is 2.14. The summed E-state index contributed by atoms with van der Waals surface area (Å²) in [7, 11) is 0. The fourth-order valence-corrected chi connectivity index (χ4v) is 3.52. The third-order valence-electron chi connectivity index (χ3n) is 4.99. The van der Waals surface area contributed by atoms with E-state index >= 15 is 0 Å². The number of nitrogens with one attached hydrogen (secondary N) is 2. The lowest BCUT2D eigenvalue weighted by molar-refractivity contribution is -0.385. The summed E-state index contributed by atoms with van der Waals surface area (Å²) in [5.74, 6) is -0.605. The Morgan fingerprint density at radius 1 is 0.897 bits per heavy atom. The van der Waals surface area contributed by atoms with E-state index in [1.165, 1.54) is 17.8 Å². The molecule has 0 aromatic heterocycles. The lowest BCUT2D eigenvalue weighted by Gasteiger charge is -2.37. The monoisotopic (exact) mass is 393 g/mol. The number of rotatable bonds is 4. The highest BCUT2D eigenvalue weighted by molar-refractivity contribution is 6.14. The number of carbonyl (C=O) groups excluding carboxylic acids is 2. The topological polar surface area (TPSA) is 108 Å². The lowest BCUT2D eigenvalue weighted by Crippen LogP contribution is -2.46. The fourth-order valence-electron chi connectivity index (χ4n) is 3.52. The first-order valence-corrected chi connectivity index (χ1v) is 9.19. The van der Waals surface area contributed by atoms with Crippen LogP contribution in [0.3, 0.4) is 0 Å². The predicted molar refractivity (Wildman–Crippen MR) is 109 cm³/mol. The van der Waals surface area contributed by atoms with E-state index in [2.05, 4.69) is 32.6 Å². The summed E-state index contributed by atoms with van der Waals surface area (Å²) in [6, 6.07) is 14.3. The minimum absolute atomic E-state index is 0.0100. The molecular formula is C20H19N5O4. The van der Waals surface area contributed by atoms with Gasteiger partial charge in [0.05, 0.1) is 10.5 Å². The summed E-state index contributed by atoms with van der Waals surface area (Å²) in [6.07, 6.45) is 1.34. The largest absolute Gasteiger partial charge is 0.368 e. The maximum Gasteiger partial charge on any atom is 0.326 e. The van der Waals surface area contributed by atoms with Crippen LogP contribution >= 0.6 is 0 Å². The zero-order chi connectivity index (χ0) is 20.4. The van der Waals surface area contributed by atoms with E-state index in [4.69, 9.17) is 0 Å². The molecule has 2 fully saturated rings. The van der Waals surface area contributed by atoms with E-state index in [-0.39, 0.29) is 16.9 Å². The molecule has 9 nitrogen and oxygen atoms in total. The second kappa shape index (κ2) is 7.63. The third kappa shape index (κ3) is 3.88. The summed E-state index contributed by atoms with van der Waals surface area (Å²) in [4.78, 5) is 38.4. The van der Waals surface area contributed by atoms with Crippen LogP contribution in [0.4, 0.5) is 21.9 Å². The van der Waals surface area contributed by atoms with Crippen LogP contribution in [0.25, 0.3) is 6.08 Å². The first kappa shape index (κ1) is 18.5. The van der Waals surface area contributed by atoms with Crippen LogP contribution in [0.5, 0.6) is 0 Å². The van der Waals surface area contributed by atoms with Gasteiger partial charge < -0.3 is 15.1 Å². The van der Waals surface area contributed by atoms with Gasteiger partial charge in [-0.1, -0.05) is 18.2 Å². The van der Waals surface area contributed by atoms with Crippen molar-refractivity contribution in [1.29, 1.82) is 0 Å². The molecule has 2 N–H and O–H groups in total. The summed E-state index contributed by atoms with van der Waals surface area (Å²) < 4.78 is 0. The van der Waals surface area contributed by atoms with Gasteiger partial charge in [0.2, 0.25) is 0 Å². The highest BCUT2D eigenvalue weighted by atomic mass is 16.6. The SMILES string of the molecule is O=C1NC(=O)C(=Cc2cc(N3CCN(c4ccccc4)CC3)ccc2[N+](=O)[O-])N1. The van der Waals surface area contributed by atoms with Crippen LogP contribution in [0.15, 0.2) is 54.2 Å². The van der Waals surface area contributed by atoms with Crippen LogP contribution in [0.1, 0.15) is 5.56 Å². The molecule has 0 bridgehead atoms. The Morgan fingerprint density at radius 3 is 2.14 bits per heavy atom. The molecule has 0 atom stereocenters. The number of carbonyl (C=O) groups is 2. The van der Waals surface area contributed by atoms with Crippen molar-refractivity contribution >= 4 is 35.1 Å². The van der Waals surface area contributed by atoms with Crippen molar-refractivity contribution in [3.8, 4) is 0 Å². The van der Waals surface area contributed by atoms with E-state index in [1.54, 1.807) is 12.1 Å². The van der Waals surface area contributed by atoms with E-state index in [0.717, 1.165) is 31.9 Å². The predicted octanol–water partition coefficient (Wildman–Crippen LogP) is 2.10. The molecule has 29 heavy (non-hydrogen) atoms. The van der Waals surface area contributed by atoms with Crippen LogP contribution in [-0.2, 0) is 4.79 Å². The number of para-hydroxylation sites is 1. The molecule has 2 saturated heterocycles. The molecule has 2 aliphatic rings. The average Bonchev–Trinajstić information content (AvgIpc) is 3.05. The fraction of sp³-hybridized carbons (Fsp3) is 0.200. The minimum Gasteiger partial charge on any atom is -0.368 e. The smallest absolute Gasteiger partial charge is 0.326 e.